The molecule has 0 aromatic heterocycles. The number of carboxylic acid groups (broad SMARTS) is 1. The van der Waals surface area contributed by atoms with E-state index < -0.39 is 38.1 Å². The molecule has 1 aromatic rings. The molecule has 20 heavy (non-hydrogen) atoms. The lowest BCUT2D eigenvalue weighted by atomic mass is 9.83. The van der Waals surface area contributed by atoms with Crippen molar-refractivity contribution in [3.05, 3.63) is 29.3 Å². The molecule has 0 aliphatic heterocycles. The molecule has 0 amide bonds. The van der Waals surface area contributed by atoms with Gasteiger partial charge in [0.05, 0.1) is 5.56 Å². The fourth-order valence-corrected chi connectivity index (χ4v) is 3.54. The SMILES string of the molecule is CC1CC(NS(=O)(=O)c2cc(C(=O)O)cc(F)c2F)C1. The maximum atomic E-state index is 13.6. The maximum Gasteiger partial charge on any atom is 0.335 e. The summed E-state index contributed by atoms with van der Waals surface area (Å²) in [6, 6.07) is 0.735. The molecule has 0 bridgehead atoms. The summed E-state index contributed by atoms with van der Waals surface area (Å²) in [7, 11) is -4.28. The van der Waals surface area contributed by atoms with Crippen LogP contribution >= 0.6 is 0 Å². The maximum absolute atomic E-state index is 13.6. The van der Waals surface area contributed by atoms with Gasteiger partial charge in [0.1, 0.15) is 4.90 Å². The van der Waals surface area contributed by atoms with E-state index in [4.69, 9.17) is 5.11 Å². The van der Waals surface area contributed by atoms with E-state index in [-0.39, 0.29) is 6.04 Å². The molecule has 1 saturated carbocycles. The van der Waals surface area contributed by atoms with Crippen LogP contribution in [0.25, 0.3) is 0 Å². The zero-order valence-electron chi connectivity index (χ0n) is 10.6. The molecule has 1 aliphatic rings. The Morgan fingerprint density at radius 1 is 1.35 bits per heavy atom. The number of carboxylic acids is 1. The largest absolute Gasteiger partial charge is 0.478 e. The molecule has 8 heteroatoms. The Labute approximate surface area is 114 Å². The van der Waals surface area contributed by atoms with E-state index in [1.807, 2.05) is 6.92 Å². The Morgan fingerprint density at radius 3 is 2.45 bits per heavy atom. The molecule has 0 atom stereocenters. The van der Waals surface area contributed by atoms with Gasteiger partial charge in [-0.25, -0.2) is 26.7 Å². The molecule has 1 aliphatic carbocycles. The number of hydrogen-bond donors (Lipinski definition) is 2. The van der Waals surface area contributed by atoms with Crippen molar-refractivity contribution in [3.63, 3.8) is 0 Å². The molecule has 110 valence electrons. The van der Waals surface area contributed by atoms with E-state index in [0.29, 0.717) is 30.9 Å². The highest BCUT2D eigenvalue weighted by atomic mass is 32.2. The molecule has 0 unspecified atom stereocenters. The third kappa shape index (κ3) is 2.80. The summed E-state index contributed by atoms with van der Waals surface area (Å²) in [5, 5.41) is 8.76. The van der Waals surface area contributed by atoms with Gasteiger partial charge >= 0.3 is 5.97 Å². The first-order chi connectivity index (χ1) is 9.20. The molecule has 2 N–H and O–H groups in total. The van der Waals surface area contributed by atoms with Crippen LogP contribution < -0.4 is 4.72 Å². The van der Waals surface area contributed by atoms with Gasteiger partial charge in [0.2, 0.25) is 10.0 Å². The Balaban J connectivity index is 2.37. The van der Waals surface area contributed by atoms with Crippen LogP contribution in [0.15, 0.2) is 17.0 Å². The predicted molar refractivity (Wildman–Crippen MR) is 65.8 cm³/mol. The smallest absolute Gasteiger partial charge is 0.335 e. The molecule has 1 aromatic carbocycles. The molecule has 5 nitrogen and oxygen atoms in total. The van der Waals surface area contributed by atoms with Gasteiger partial charge in [-0.05, 0) is 30.9 Å². The Kier molecular flexibility index (Phi) is 3.79. The molecule has 0 saturated heterocycles. The van der Waals surface area contributed by atoms with Crippen LogP contribution in [-0.2, 0) is 10.0 Å². The number of nitrogens with one attached hydrogen (secondary N) is 1. The lowest BCUT2D eigenvalue weighted by molar-refractivity contribution is 0.0696. The summed E-state index contributed by atoms with van der Waals surface area (Å²) in [4.78, 5) is 9.79. The summed E-state index contributed by atoms with van der Waals surface area (Å²) in [6.45, 7) is 1.94. The zero-order valence-corrected chi connectivity index (χ0v) is 11.4. The molecule has 2 rings (SSSR count). The van der Waals surface area contributed by atoms with Crippen LogP contribution in [-0.4, -0.2) is 25.5 Å². The highest BCUT2D eigenvalue weighted by Crippen LogP contribution is 2.28. The van der Waals surface area contributed by atoms with E-state index in [1.54, 1.807) is 0 Å². The predicted octanol–water partition coefficient (Wildman–Crippen LogP) is 1.74. The first-order valence-corrected chi connectivity index (χ1v) is 7.43. The molecule has 1 fully saturated rings. The second-order valence-corrected chi connectivity index (χ2v) is 6.65. The number of carbonyl (C=O) groups is 1. The van der Waals surface area contributed by atoms with E-state index in [2.05, 4.69) is 4.72 Å². The van der Waals surface area contributed by atoms with Crippen molar-refractivity contribution in [2.45, 2.75) is 30.7 Å². The fourth-order valence-electron chi connectivity index (χ4n) is 2.16. The highest BCUT2D eigenvalue weighted by Gasteiger charge is 2.32. The molecular weight excluding hydrogens is 292 g/mol. The van der Waals surface area contributed by atoms with Gasteiger partial charge in [-0.3, -0.25) is 0 Å². The standard InChI is InChI=1S/C12H13F2NO4S/c1-6-2-8(3-6)15-20(18,19)10-5-7(12(16)17)4-9(13)11(10)14/h4-6,8,15H,2-3H2,1H3,(H,16,17). The van der Waals surface area contributed by atoms with Gasteiger partial charge in [-0.2, -0.15) is 0 Å². The van der Waals surface area contributed by atoms with Crippen LogP contribution in [0.5, 0.6) is 0 Å². The lowest BCUT2D eigenvalue weighted by Crippen LogP contribution is -2.43. The van der Waals surface area contributed by atoms with Crippen LogP contribution in [0.4, 0.5) is 8.78 Å². The summed E-state index contributed by atoms with van der Waals surface area (Å²) in [5.41, 5.74) is -0.619. The number of aromatic carboxylic acids is 1. The van der Waals surface area contributed by atoms with Gasteiger partial charge in [-0.1, -0.05) is 6.92 Å². The van der Waals surface area contributed by atoms with Crippen molar-refractivity contribution in [2.75, 3.05) is 0 Å². The van der Waals surface area contributed by atoms with Crippen molar-refractivity contribution in [1.29, 1.82) is 0 Å². The minimum atomic E-state index is -4.28. The van der Waals surface area contributed by atoms with E-state index in [9.17, 15) is 22.0 Å². The van der Waals surface area contributed by atoms with Gasteiger partial charge in [0, 0.05) is 6.04 Å². The summed E-state index contributed by atoms with van der Waals surface area (Å²) >= 11 is 0. The summed E-state index contributed by atoms with van der Waals surface area (Å²) in [5.74, 6) is -4.24. The Morgan fingerprint density at radius 2 is 1.95 bits per heavy atom. The minimum absolute atomic E-state index is 0.328. The number of rotatable bonds is 4. The minimum Gasteiger partial charge on any atom is -0.478 e. The van der Waals surface area contributed by atoms with E-state index in [0.717, 1.165) is 0 Å². The second kappa shape index (κ2) is 5.10. The van der Waals surface area contributed by atoms with Gasteiger partial charge < -0.3 is 5.11 Å². The van der Waals surface area contributed by atoms with Crippen LogP contribution in [0.3, 0.4) is 0 Å². The highest BCUT2D eigenvalue weighted by molar-refractivity contribution is 7.89. The molecule has 0 heterocycles. The first kappa shape index (κ1) is 14.9. The first-order valence-electron chi connectivity index (χ1n) is 5.95. The topological polar surface area (TPSA) is 83.5 Å². The van der Waals surface area contributed by atoms with Crippen molar-refractivity contribution in [2.24, 2.45) is 5.92 Å². The number of sulfonamides is 1. The summed E-state index contributed by atoms with van der Waals surface area (Å²) < 4.78 is 53.1. The Hall–Kier alpha value is -1.54. The third-order valence-electron chi connectivity index (χ3n) is 3.23. The quantitative estimate of drug-likeness (QED) is 0.887. The van der Waals surface area contributed by atoms with Crippen LogP contribution in [0.1, 0.15) is 30.1 Å². The van der Waals surface area contributed by atoms with Crippen molar-refractivity contribution < 1.29 is 27.1 Å². The van der Waals surface area contributed by atoms with Gasteiger partial charge in [0.15, 0.2) is 11.6 Å². The molecular formula is C12H13F2NO4S. The number of hydrogen-bond acceptors (Lipinski definition) is 3. The Bertz CT molecular complexity index is 654. The average Bonchev–Trinajstić information content (AvgIpc) is 2.29. The summed E-state index contributed by atoms with van der Waals surface area (Å²) in [6.07, 6.45) is 1.23. The van der Waals surface area contributed by atoms with Crippen molar-refractivity contribution >= 4 is 16.0 Å². The molecule has 0 radical (unpaired) electrons. The monoisotopic (exact) mass is 305 g/mol. The number of benzene rings is 1. The molecule has 0 spiro atoms. The van der Waals surface area contributed by atoms with E-state index >= 15 is 0 Å². The van der Waals surface area contributed by atoms with Gasteiger partial charge in [-0.15, -0.1) is 0 Å². The third-order valence-corrected chi connectivity index (χ3v) is 4.75. The lowest BCUT2D eigenvalue weighted by Gasteiger charge is -2.32. The second-order valence-electron chi connectivity index (χ2n) is 4.97. The van der Waals surface area contributed by atoms with E-state index in [1.165, 1.54) is 0 Å². The average molecular weight is 305 g/mol. The van der Waals surface area contributed by atoms with Crippen molar-refractivity contribution in [3.8, 4) is 0 Å². The van der Waals surface area contributed by atoms with Crippen LogP contribution in [0.2, 0.25) is 0 Å². The van der Waals surface area contributed by atoms with Gasteiger partial charge in [0.25, 0.3) is 0 Å². The fraction of sp³-hybridized carbons (Fsp3) is 0.417. The van der Waals surface area contributed by atoms with Crippen molar-refractivity contribution in [1.82, 2.24) is 4.72 Å². The number of halogens is 2. The zero-order chi connectivity index (χ0) is 15.1. The van der Waals surface area contributed by atoms with Crippen LogP contribution in [0, 0.1) is 17.6 Å². The normalized spacial score (nSPS) is 22.4.